The zero-order chi connectivity index (χ0) is 14.5. The van der Waals surface area contributed by atoms with Gasteiger partial charge >= 0.3 is 0 Å². The van der Waals surface area contributed by atoms with Gasteiger partial charge in [0, 0.05) is 5.92 Å². The molecule has 112 valence electrons. The first-order chi connectivity index (χ1) is 9.38. The molecule has 3 rings (SSSR count). The molecule has 2 atom stereocenters. The van der Waals surface area contributed by atoms with E-state index >= 15 is 0 Å². The Morgan fingerprint density at radius 2 is 1.80 bits per heavy atom. The maximum absolute atomic E-state index is 12.9. The summed E-state index contributed by atoms with van der Waals surface area (Å²) in [6.07, 6.45) is 5.47. The van der Waals surface area contributed by atoms with E-state index in [0.717, 1.165) is 25.9 Å². The molecule has 3 fully saturated rings. The van der Waals surface area contributed by atoms with Gasteiger partial charge in [0.25, 0.3) is 0 Å². The SMILES string of the molecule is CC1(C)[C@H]2CC[C@@]1(C)C(=O)N(C[NH+]1CCCCC1)C2=O. The summed E-state index contributed by atoms with van der Waals surface area (Å²) < 4.78 is 0. The number of quaternary nitrogens is 1. The van der Waals surface area contributed by atoms with Gasteiger partial charge < -0.3 is 4.90 Å². The average Bonchev–Trinajstić information content (AvgIpc) is 2.61. The van der Waals surface area contributed by atoms with Crippen LogP contribution in [0.25, 0.3) is 0 Å². The van der Waals surface area contributed by atoms with Crippen molar-refractivity contribution in [2.45, 2.75) is 52.9 Å². The highest BCUT2D eigenvalue weighted by molar-refractivity contribution is 6.03. The molecule has 0 spiro atoms. The van der Waals surface area contributed by atoms with Crippen LogP contribution in [-0.4, -0.2) is 36.5 Å². The standard InChI is InChI=1S/C16H26N2O2/c1-15(2)12-7-8-16(15,3)14(20)18(13(12)19)11-17-9-5-4-6-10-17/h12H,4-11H2,1-3H3/p+1/t12-,16-/m0/s1. The van der Waals surface area contributed by atoms with Gasteiger partial charge in [-0.25, -0.2) is 4.90 Å². The zero-order valence-electron chi connectivity index (χ0n) is 13.0. The molecule has 1 aliphatic carbocycles. The van der Waals surface area contributed by atoms with Crippen LogP contribution in [0.5, 0.6) is 0 Å². The van der Waals surface area contributed by atoms with Gasteiger partial charge in [-0.2, -0.15) is 0 Å². The van der Waals surface area contributed by atoms with Crippen molar-refractivity contribution in [3.63, 3.8) is 0 Å². The monoisotopic (exact) mass is 279 g/mol. The number of fused-ring (bicyclic) bond motifs is 2. The van der Waals surface area contributed by atoms with E-state index in [4.69, 9.17) is 0 Å². The quantitative estimate of drug-likeness (QED) is 0.761. The highest BCUT2D eigenvalue weighted by Gasteiger charge is 2.64. The first-order valence-electron chi connectivity index (χ1n) is 8.07. The van der Waals surface area contributed by atoms with Crippen LogP contribution < -0.4 is 4.90 Å². The van der Waals surface area contributed by atoms with Crippen LogP contribution in [0.3, 0.4) is 0 Å². The second kappa shape index (κ2) is 4.55. The van der Waals surface area contributed by atoms with Gasteiger partial charge in [0.1, 0.15) is 0 Å². The van der Waals surface area contributed by atoms with E-state index in [2.05, 4.69) is 20.8 Å². The number of nitrogens with zero attached hydrogens (tertiary/aromatic N) is 1. The number of carbonyl (C=O) groups excluding carboxylic acids is 2. The fraction of sp³-hybridized carbons (Fsp3) is 0.875. The summed E-state index contributed by atoms with van der Waals surface area (Å²) in [6.45, 7) is 9.07. The summed E-state index contributed by atoms with van der Waals surface area (Å²) in [7, 11) is 0. The maximum atomic E-state index is 12.9. The van der Waals surface area contributed by atoms with Crippen molar-refractivity contribution in [2.24, 2.45) is 16.7 Å². The molecular formula is C16H27N2O2+. The lowest BCUT2D eigenvalue weighted by Crippen LogP contribution is -3.14. The smallest absolute Gasteiger partial charge is 0.240 e. The Kier molecular flexibility index (Phi) is 3.20. The topological polar surface area (TPSA) is 41.8 Å². The Balaban J connectivity index is 1.83. The fourth-order valence-corrected chi connectivity index (χ4v) is 4.48. The number of hydrogen-bond acceptors (Lipinski definition) is 2. The van der Waals surface area contributed by atoms with Crippen LogP contribution in [0.1, 0.15) is 52.9 Å². The largest absolute Gasteiger partial charge is 0.317 e. The van der Waals surface area contributed by atoms with E-state index in [1.165, 1.54) is 24.2 Å². The lowest BCUT2D eigenvalue weighted by molar-refractivity contribution is -0.912. The molecular weight excluding hydrogens is 252 g/mol. The number of hydrogen-bond donors (Lipinski definition) is 1. The third-order valence-corrected chi connectivity index (χ3v) is 6.45. The number of likely N-dealkylation sites (tertiary alicyclic amines) is 2. The Bertz CT molecular complexity index is 440. The van der Waals surface area contributed by atoms with Crippen molar-refractivity contribution in [2.75, 3.05) is 19.8 Å². The molecule has 2 bridgehead atoms. The molecule has 0 aromatic heterocycles. The van der Waals surface area contributed by atoms with E-state index in [0.29, 0.717) is 6.67 Å². The third kappa shape index (κ3) is 1.77. The second-order valence-corrected chi connectivity index (χ2v) is 7.69. The van der Waals surface area contributed by atoms with Crippen molar-refractivity contribution in [3.8, 4) is 0 Å². The summed E-state index contributed by atoms with van der Waals surface area (Å²) in [6, 6.07) is 0. The molecule has 4 nitrogen and oxygen atoms in total. The first-order valence-corrected chi connectivity index (χ1v) is 8.07. The molecule has 3 aliphatic rings. The van der Waals surface area contributed by atoms with Crippen molar-refractivity contribution in [3.05, 3.63) is 0 Å². The molecule has 20 heavy (non-hydrogen) atoms. The Hall–Kier alpha value is -0.900. The lowest BCUT2D eigenvalue weighted by Gasteiger charge is -2.47. The predicted octanol–water partition coefficient (Wildman–Crippen LogP) is 0.824. The van der Waals surface area contributed by atoms with Gasteiger partial charge in [0.2, 0.25) is 11.8 Å². The van der Waals surface area contributed by atoms with E-state index < -0.39 is 0 Å². The highest BCUT2D eigenvalue weighted by Crippen LogP contribution is 2.59. The Morgan fingerprint density at radius 3 is 2.45 bits per heavy atom. The minimum Gasteiger partial charge on any atom is -0.317 e. The summed E-state index contributed by atoms with van der Waals surface area (Å²) in [4.78, 5) is 28.6. The molecule has 2 saturated heterocycles. The molecule has 1 N–H and O–H groups in total. The van der Waals surface area contributed by atoms with Crippen molar-refractivity contribution >= 4 is 11.8 Å². The first kappa shape index (κ1) is 14.1. The average molecular weight is 279 g/mol. The molecule has 0 radical (unpaired) electrons. The molecule has 0 aromatic rings. The number of piperidine rings is 2. The van der Waals surface area contributed by atoms with Gasteiger partial charge in [0.15, 0.2) is 6.67 Å². The number of rotatable bonds is 2. The Labute approximate surface area is 121 Å². The summed E-state index contributed by atoms with van der Waals surface area (Å²) in [5.74, 6) is 0.210. The predicted molar refractivity (Wildman–Crippen MR) is 75.9 cm³/mol. The molecule has 2 heterocycles. The minimum atomic E-state index is -0.346. The molecule has 2 amide bonds. The highest BCUT2D eigenvalue weighted by atomic mass is 16.2. The van der Waals surface area contributed by atoms with E-state index in [1.54, 1.807) is 4.90 Å². The van der Waals surface area contributed by atoms with Crippen LogP contribution in [0.15, 0.2) is 0 Å². The lowest BCUT2D eigenvalue weighted by atomic mass is 9.62. The van der Waals surface area contributed by atoms with Gasteiger partial charge in [-0.3, -0.25) is 9.59 Å². The van der Waals surface area contributed by atoms with Crippen LogP contribution in [0.2, 0.25) is 0 Å². The third-order valence-electron chi connectivity index (χ3n) is 6.45. The normalized spacial score (nSPS) is 37.5. The number of carbonyl (C=O) groups is 2. The van der Waals surface area contributed by atoms with Crippen molar-refractivity contribution in [1.29, 1.82) is 0 Å². The Morgan fingerprint density at radius 1 is 1.15 bits per heavy atom. The van der Waals surface area contributed by atoms with Gasteiger partial charge in [-0.05, 0) is 37.5 Å². The number of amides is 2. The minimum absolute atomic E-state index is 0.0365. The zero-order valence-corrected chi connectivity index (χ0v) is 13.0. The summed E-state index contributed by atoms with van der Waals surface area (Å²) in [5.41, 5.74) is -0.532. The summed E-state index contributed by atoms with van der Waals surface area (Å²) >= 11 is 0. The van der Waals surface area contributed by atoms with Crippen LogP contribution >= 0.6 is 0 Å². The van der Waals surface area contributed by atoms with E-state index in [1.807, 2.05) is 0 Å². The number of nitrogens with one attached hydrogen (secondary N) is 1. The second-order valence-electron chi connectivity index (χ2n) is 7.69. The van der Waals surface area contributed by atoms with Gasteiger partial charge in [0.05, 0.1) is 18.5 Å². The van der Waals surface area contributed by atoms with E-state index in [9.17, 15) is 9.59 Å². The van der Waals surface area contributed by atoms with E-state index in [-0.39, 0.29) is 28.6 Å². The molecule has 0 unspecified atom stereocenters. The molecule has 1 saturated carbocycles. The van der Waals surface area contributed by atoms with Crippen LogP contribution in [0, 0.1) is 16.7 Å². The fourth-order valence-electron chi connectivity index (χ4n) is 4.48. The van der Waals surface area contributed by atoms with Gasteiger partial charge in [-0.15, -0.1) is 0 Å². The van der Waals surface area contributed by atoms with Crippen LogP contribution in [-0.2, 0) is 9.59 Å². The molecule has 4 heteroatoms. The molecule has 0 aromatic carbocycles. The number of imide groups is 1. The summed E-state index contributed by atoms with van der Waals surface area (Å²) in [5, 5.41) is 0. The van der Waals surface area contributed by atoms with Gasteiger partial charge in [-0.1, -0.05) is 20.8 Å². The van der Waals surface area contributed by atoms with Crippen LogP contribution in [0.4, 0.5) is 0 Å². The molecule has 2 aliphatic heterocycles. The van der Waals surface area contributed by atoms with Crippen molar-refractivity contribution < 1.29 is 14.5 Å². The van der Waals surface area contributed by atoms with Crippen molar-refractivity contribution in [1.82, 2.24) is 4.90 Å². The maximum Gasteiger partial charge on any atom is 0.240 e.